The summed E-state index contributed by atoms with van der Waals surface area (Å²) >= 11 is 1.34. The van der Waals surface area contributed by atoms with Crippen LogP contribution in [0.4, 0.5) is 0 Å². The number of methoxy groups -OCH3 is 1. The van der Waals surface area contributed by atoms with E-state index < -0.39 is 0 Å². The van der Waals surface area contributed by atoms with Gasteiger partial charge in [-0.3, -0.25) is 4.99 Å². The molecule has 72 valence electrons. The van der Waals surface area contributed by atoms with Gasteiger partial charge < -0.3 is 9.30 Å². The Bertz CT molecular complexity index is 389. The molecule has 13 heavy (non-hydrogen) atoms. The van der Waals surface area contributed by atoms with Crippen LogP contribution in [0.1, 0.15) is 15.4 Å². The average molecular weight is 200 g/mol. The first-order valence-electron chi connectivity index (χ1n) is 3.79. The van der Waals surface area contributed by atoms with E-state index in [1.54, 1.807) is 7.05 Å². The van der Waals surface area contributed by atoms with Gasteiger partial charge in [0.05, 0.1) is 7.11 Å². The zero-order valence-corrected chi connectivity index (χ0v) is 8.94. The molecular formula is C8H12N2O2S. The lowest BCUT2D eigenvalue weighted by Crippen LogP contribution is -2.11. The first-order valence-corrected chi connectivity index (χ1v) is 4.61. The third-order valence-corrected chi connectivity index (χ3v) is 3.18. The van der Waals surface area contributed by atoms with Gasteiger partial charge in [0, 0.05) is 19.8 Å². The molecule has 0 amide bonds. The minimum atomic E-state index is -0.298. The number of nitrogens with zero attached hydrogens (tertiary/aromatic N) is 2. The van der Waals surface area contributed by atoms with Gasteiger partial charge in [0.1, 0.15) is 4.88 Å². The number of ether oxygens (including phenoxy) is 1. The number of rotatable bonds is 1. The van der Waals surface area contributed by atoms with Crippen LogP contribution in [0, 0.1) is 6.92 Å². The smallest absolute Gasteiger partial charge is 0.349 e. The van der Waals surface area contributed by atoms with Crippen LogP contribution in [-0.4, -0.2) is 24.7 Å². The minimum Gasteiger partial charge on any atom is -0.465 e. The Morgan fingerprint density at radius 3 is 2.62 bits per heavy atom. The number of aromatic nitrogens is 1. The van der Waals surface area contributed by atoms with Crippen molar-refractivity contribution in [3.8, 4) is 0 Å². The Labute approximate surface area is 80.5 Å². The van der Waals surface area contributed by atoms with Crippen LogP contribution in [-0.2, 0) is 11.8 Å². The Balaban J connectivity index is 3.34. The molecule has 0 unspecified atom stereocenters. The second-order valence-corrected chi connectivity index (χ2v) is 3.55. The molecule has 1 rings (SSSR count). The summed E-state index contributed by atoms with van der Waals surface area (Å²) in [7, 11) is 4.96. The van der Waals surface area contributed by atoms with E-state index in [-0.39, 0.29) is 5.97 Å². The third-order valence-electron chi connectivity index (χ3n) is 1.87. The standard InChI is InChI=1S/C8H12N2O2S/c1-5-6(7(11)12-4)13-8(9-2)10(5)3/h1-4H3. The summed E-state index contributed by atoms with van der Waals surface area (Å²) in [6, 6.07) is 0. The van der Waals surface area contributed by atoms with Gasteiger partial charge in [-0.25, -0.2) is 4.79 Å². The van der Waals surface area contributed by atoms with E-state index >= 15 is 0 Å². The van der Waals surface area contributed by atoms with Crippen molar-refractivity contribution < 1.29 is 9.53 Å². The summed E-state index contributed by atoms with van der Waals surface area (Å²) in [4.78, 5) is 16.7. The Morgan fingerprint density at radius 1 is 1.62 bits per heavy atom. The van der Waals surface area contributed by atoms with Crippen molar-refractivity contribution in [2.45, 2.75) is 6.92 Å². The molecule has 5 heteroatoms. The zero-order valence-electron chi connectivity index (χ0n) is 8.12. The highest BCUT2D eigenvalue weighted by Crippen LogP contribution is 2.11. The van der Waals surface area contributed by atoms with E-state index in [0.717, 1.165) is 10.5 Å². The molecule has 0 aliphatic carbocycles. The normalized spacial score (nSPS) is 11.8. The fourth-order valence-electron chi connectivity index (χ4n) is 1.01. The SMILES string of the molecule is CN=c1sc(C(=O)OC)c(C)n1C. The van der Waals surface area contributed by atoms with Crippen molar-refractivity contribution >= 4 is 17.3 Å². The lowest BCUT2D eigenvalue weighted by molar-refractivity contribution is 0.0605. The predicted molar refractivity (Wildman–Crippen MR) is 50.9 cm³/mol. The summed E-state index contributed by atoms with van der Waals surface area (Å²) in [5.74, 6) is -0.298. The molecule has 4 nitrogen and oxygen atoms in total. The number of carbonyl (C=O) groups is 1. The summed E-state index contributed by atoms with van der Waals surface area (Å²) in [6.07, 6.45) is 0. The van der Waals surface area contributed by atoms with Crippen LogP contribution < -0.4 is 4.80 Å². The summed E-state index contributed by atoms with van der Waals surface area (Å²) in [5.41, 5.74) is 0.887. The van der Waals surface area contributed by atoms with Crippen LogP contribution in [0.15, 0.2) is 4.99 Å². The molecule has 0 aromatic carbocycles. The second kappa shape index (κ2) is 3.74. The van der Waals surface area contributed by atoms with Gasteiger partial charge in [-0.1, -0.05) is 11.3 Å². The molecule has 0 aliphatic rings. The third kappa shape index (κ3) is 1.65. The lowest BCUT2D eigenvalue weighted by atomic mass is 10.4. The fourth-order valence-corrected chi connectivity index (χ4v) is 2.01. The highest BCUT2D eigenvalue weighted by Gasteiger charge is 2.14. The molecule has 1 aromatic rings. The molecule has 0 saturated heterocycles. The maximum absolute atomic E-state index is 11.2. The minimum absolute atomic E-state index is 0.298. The van der Waals surface area contributed by atoms with Crippen molar-refractivity contribution in [3.05, 3.63) is 15.4 Å². The topological polar surface area (TPSA) is 43.6 Å². The Kier molecular flexibility index (Phi) is 2.87. The van der Waals surface area contributed by atoms with Gasteiger partial charge in [0.15, 0.2) is 4.80 Å². The van der Waals surface area contributed by atoms with E-state index in [1.165, 1.54) is 18.4 Å². The molecule has 1 aromatic heterocycles. The quantitative estimate of drug-likeness (QED) is 0.627. The molecule has 0 atom stereocenters. The van der Waals surface area contributed by atoms with E-state index in [1.807, 2.05) is 18.5 Å². The molecule has 0 N–H and O–H groups in total. The molecular weight excluding hydrogens is 188 g/mol. The summed E-state index contributed by atoms with van der Waals surface area (Å²) in [6.45, 7) is 1.87. The predicted octanol–water partition coefficient (Wildman–Crippen LogP) is 0.712. The highest BCUT2D eigenvalue weighted by molar-refractivity contribution is 7.11. The average Bonchev–Trinajstić information content (AvgIpc) is 2.43. The molecule has 0 aliphatic heterocycles. The summed E-state index contributed by atoms with van der Waals surface area (Å²) < 4.78 is 6.52. The van der Waals surface area contributed by atoms with Crippen molar-refractivity contribution in [1.29, 1.82) is 0 Å². The van der Waals surface area contributed by atoms with E-state index in [9.17, 15) is 4.79 Å². The largest absolute Gasteiger partial charge is 0.465 e. The van der Waals surface area contributed by atoms with E-state index in [4.69, 9.17) is 0 Å². The highest BCUT2D eigenvalue weighted by atomic mass is 32.1. The van der Waals surface area contributed by atoms with E-state index in [2.05, 4.69) is 9.73 Å². The molecule has 0 saturated carbocycles. The fraction of sp³-hybridized carbons (Fsp3) is 0.500. The maximum Gasteiger partial charge on any atom is 0.349 e. The van der Waals surface area contributed by atoms with Crippen LogP contribution in [0.3, 0.4) is 0 Å². The van der Waals surface area contributed by atoms with Crippen LogP contribution in [0.25, 0.3) is 0 Å². The Morgan fingerprint density at radius 2 is 2.23 bits per heavy atom. The number of esters is 1. The number of thiazole rings is 1. The molecule has 0 spiro atoms. The van der Waals surface area contributed by atoms with E-state index in [0.29, 0.717) is 4.88 Å². The van der Waals surface area contributed by atoms with Gasteiger partial charge >= 0.3 is 5.97 Å². The Hall–Kier alpha value is -1.10. The van der Waals surface area contributed by atoms with Crippen LogP contribution in [0.2, 0.25) is 0 Å². The second-order valence-electron chi connectivity index (χ2n) is 2.57. The van der Waals surface area contributed by atoms with Gasteiger partial charge in [0.2, 0.25) is 0 Å². The number of carbonyl (C=O) groups excluding carboxylic acids is 1. The first kappa shape index (κ1) is 9.98. The van der Waals surface area contributed by atoms with Crippen molar-refractivity contribution in [1.82, 2.24) is 4.57 Å². The number of hydrogen-bond acceptors (Lipinski definition) is 4. The first-order chi connectivity index (χ1) is 6.11. The van der Waals surface area contributed by atoms with Crippen LogP contribution in [0.5, 0.6) is 0 Å². The lowest BCUT2D eigenvalue weighted by Gasteiger charge is -1.97. The van der Waals surface area contributed by atoms with Crippen LogP contribution >= 0.6 is 11.3 Å². The molecule has 0 radical (unpaired) electrons. The summed E-state index contributed by atoms with van der Waals surface area (Å²) in [5, 5.41) is 0. The maximum atomic E-state index is 11.2. The number of hydrogen-bond donors (Lipinski definition) is 0. The van der Waals surface area contributed by atoms with Gasteiger partial charge in [-0.05, 0) is 6.92 Å². The molecule has 1 heterocycles. The molecule has 0 bridgehead atoms. The molecule has 0 fully saturated rings. The zero-order chi connectivity index (χ0) is 10.0. The van der Waals surface area contributed by atoms with Crippen molar-refractivity contribution in [3.63, 3.8) is 0 Å². The van der Waals surface area contributed by atoms with Gasteiger partial charge in [0.25, 0.3) is 0 Å². The van der Waals surface area contributed by atoms with Gasteiger partial charge in [-0.2, -0.15) is 0 Å². The van der Waals surface area contributed by atoms with Crippen molar-refractivity contribution in [2.24, 2.45) is 12.0 Å². The monoisotopic (exact) mass is 200 g/mol. The van der Waals surface area contributed by atoms with Gasteiger partial charge in [-0.15, -0.1) is 0 Å². The van der Waals surface area contributed by atoms with Crippen molar-refractivity contribution in [2.75, 3.05) is 14.2 Å².